The molecule has 6 heteroatoms. The Morgan fingerprint density at radius 2 is 2.47 bits per heavy atom. The normalized spacial score (nSPS) is 11.3. The van der Waals surface area contributed by atoms with Gasteiger partial charge in [0, 0.05) is 12.1 Å². The first-order valence-electron chi connectivity index (χ1n) is 5.01. The molecule has 0 saturated heterocycles. The van der Waals surface area contributed by atoms with Gasteiger partial charge in [0.05, 0.1) is 4.92 Å². The van der Waals surface area contributed by atoms with Crippen LogP contribution in [0.4, 0.5) is 11.5 Å². The molecule has 0 spiro atoms. The van der Waals surface area contributed by atoms with Crippen molar-refractivity contribution in [2.45, 2.75) is 19.4 Å². The Hall–Kier alpha value is -2.42. The molecule has 88 valence electrons. The molecular weight excluding hydrogens is 220 g/mol. The first-order valence-corrected chi connectivity index (χ1v) is 5.01. The van der Waals surface area contributed by atoms with Crippen LogP contribution in [0.2, 0.25) is 0 Å². The summed E-state index contributed by atoms with van der Waals surface area (Å²) in [5.74, 6) is 0.446. The molecule has 0 aliphatic heterocycles. The minimum Gasteiger partial charge on any atom is -0.367 e. The SMILES string of the molecule is C=CCC(C)Nc1ccc([N+](=O)[O-])c(C#N)n1. The van der Waals surface area contributed by atoms with E-state index < -0.39 is 4.92 Å². The van der Waals surface area contributed by atoms with Gasteiger partial charge in [-0.15, -0.1) is 6.58 Å². The Bertz CT molecular complexity index is 479. The Labute approximate surface area is 98.7 Å². The molecule has 1 unspecified atom stereocenters. The second-order valence-corrected chi connectivity index (χ2v) is 3.50. The highest BCUT2D eigenvalue weighted by atomic mass is 16.6. The average Bonchev–Trinajstić information content (AvgIpc) is 2.28. The van der Waals surface area contributed by atoms with Gasteiger partial charge in [0.1, 0.15) is 11.9 Å². The van der Waals surface area contributed by atoms with Crippen LogP contribution in [0.5, 0.6) is 0 Å². The van der Waals surface area contributed by atoms with E-state index in [9.17, 15) is 10.1 Å². The molecule has 0 aliphatic carbocycles. The third-order valence-corrected chi connectivity index (χ3v) is 2.09. The lowest BCUT2D eigenvalue weighted by molar-refractivity contribution is -0.385. The predicted octanol–water partition coefficient (Wildman–Crippen LogP) is 2.24. The molecule has 0 radical (unpaired) electrons. The zero-order valence-corrected chi connectivity index (χ0v) is 9.38. The van der Waals surface area contributed by atoms with Gasteiger partial charge in [-0.2, -0.15) is 5.26 Å². The number of nitriles is 1. The van der Waals surface area contributed by atoms with E-state index in [4.69, 9.17) is 5.26 Å². The standard InChI is InChI=1S/C11H12N4O2/c1-3-4-8(2)13-11-6-5-10(15(16)17)9(7-12)14-11/h3,5-6,8H,1,4H2,2H3,(H,13,14). The minimum atomic E-state index is -0.623. The molecule has 0 saturated carbocycles. The third kappa shape index (κ3) is 3.28. The maximum atomic E-state index is 10.6. The highest BCUT2D eigenvalue weighted by Gasteiger charge is 2.15. The average molecular weight is 232 g/mol. The van der Waals surface area contributed by atoms with Crippen molar-refractivity contribution in [2.24, 2.45) is 0 Å². The van der Waals surface area contributed by atoms with E-state index in [1.807, 2.05) is 6.92 Å². The van der Waals surface area contributed by atoms with Gasteiger partial charge in [-0.3, -0.25) is 10.1 Å². The predicted molar refractivity (Wildman–Crippen MR) is 63.5 cm³/mol. The van der Waals surface area contributed by atoms with Crippen molar-refractivity contribution in [2.75, 3.05) is 5.32 Å². The molecule has 1 aromatic heterocycles. The number of pyridine rings is 1. The van der Waals surface area contributed by atoms with E-state index in [2.05, 4.69) is 16.9 Å². The van der Waals surface area contributed by atoms with Crippen LogP contribution in [0, 0.1) is 21.4 Å². The lowest BCUT2D eigenvalue weighted by Crippen LogP contribution is -2.15. The van der Waals surface area contributed by atoms with E-state index in [1.54, 1.807) is 12.1 Å². The fraction of sp³-hybridized carbons (Fsp3) is 0.273. The summed E-state index contributed by atoms with van der Waals surface area (Å²) in [6.07, 6.45) is 2.49. The lowest BCUT2D eigenvalue weighted by Gasteiger charge is -2.11. The second kappa shape index (κ2) is 5.61. The monoisotopic (exact) mass is 232 g/mol. The van der Waals surface area contributed by atoms with Crippen LogP contribution in [0.25, 0.3) is 0 Å². The Morgan fingerprint density at radius 1 is 1.76 bits per heavy atom. The number of aromatic nitrogens is 1. The molecule has 1 N–H and O–H groups in total. The van der Waals surface area contributed by atoms with Crippen LogP contribution in [0.15, 0.2) is 24.8 Å². The molecule has 1 atom stereocenters. The maximum absolute atomic E-state index is 10.6. The summed E-state index contributed by atoms with van der Waals surface area (Å²) in [5, 5.41) is 22.4. The van der Waals surface area contributed by atoms with E-state index >= 15 is 0 Å². The van der Waals surface area contributed by atoms with Crippen molar-refractivity contribution in [3.63, 3.8) is 0 Å². The number of nitrogens with one attached hydrogen (secondary N) is 1. The molecule has 17 heavy (non-hydrogen) atoms. The number of nitrogens with zero attached hydrogens (tertiary/aromatic N) is 3. The van der Waals surface area contributed by atoms with Crippen molar-refractivity contribution in [1.82, 2.24) is 4.98 Å². The summed E-state index contributed by atoms with van der Waals surface area (Å²) in [6.45, 7) is 5.54. The molecule has 0 aliphatic rings. The zero-order chi connectivity index (χ0) is 12.8. The van der Waals surface area contributed by atoms with Crippen molar-refractivity contribution in [1.29, 1.82) is 5.26 Å². The molecule has 0 fully saturated rings. The van der Waals surface area contributed by atoms with Crippen molar-refractivity contribution in [3.8, 4) is 6.07 Å². The maximum Gasteiger partial charge on any atom is 0.305 e. The van der Waals surface area contributed by atoms with Crippen molar-refractivity contribution < 1.29 is 4.92 Å². The smallest absolute Gasteiger partial charge is 0.305 e. The van der Waals surface area contributed by atoms with E-state index in [1.165, 1.54) is 12.1 Å². The molecule has 1 aromatic rings. The van der Waals surface area contributed by atoms with Gasteiger partial charge >= 0.3 is 5.69 Å². The summed E-state index contributed by atoms with van der Waals surface area (Å²) in [7, 11) is 0. The lowest BCUT2D eigenvalue weighted by atomic mass is 10.2. The molecule has 6 nitrogen and oxygen atoms in total. The first-order chi connectivity index (χ1) is 8.08. The minimum absolute atomic E-state index is 0.105. The molecule has 1 rings (SSSR count). The van der Waals surface area contributed by atoms with Gasteiger partial charge in [-0.1, -0.05) is 6.08 Å². The van der Waals surface area contributed by atoms with Crippen LogP contribution in [-0.4, -0.2) is 15.9 Å². The molecule has 1 heterocycles. The van der Waals surface area contributed by atoms with Crippen LogP contribution < -0.4 is 5.32 Å². The van der Waals surface area contributed by atoms with Crippen LogP contribution in [0.1, 0.15) is 19.0 Å². The number of anilines is 1. The van der Waals surface area contributed by atoms with E-state index in [0.717, 1.165) is 6.42 Å². The first kappa shape index (κ1) is 12.6. The van der Waals surface area contributed by atoms with Crippen molar-refractivity contribution >= 4 is 11.5 Å². The summed E-state index contributed by atoms with van der Waals surface area (Å²) < 4.78 is 0. The number of hydrogen-bond acceptors (Lipinski definition) is 5. The van der Waals surface area contributed by atoms with Crippen LogP contribution in [0.3, 0.4) is 0 Å². The van der Waals surface area contributed by atoms with Gasteiger partial charge in [-0.05, 0) is 19.4 Å². The van der Waals surface area contributed by atoms with Gasteiger partial charge in [-0.25, -0.2) is 4.98 Å². The largest absolute Gasteiger partial charge is 0.367 e. The van der Waals surface area contributed by atoms with E-state index in [-0.39, 0.29) is 17.4 Å². The molecule has 0 bridgehead atoms. The summed E-state index contributed by atoms with van der Waals surface area (Å²) in [4.78, 5) is 13.9. The topological polar surface area (TPSA) is 91.9 Å². The molecule has 0 aromatic carbocycles. The highest BCUT2D eigenvalue weighted by Crippen LogP contribution is 2.18. The fourth-order valence-electron chi connectivity index (χ4n) is 1.32. The number of hydrogen-bond donors (Lipinski definition) is 1. The van der Waals surface area contributed by atoms with Crippen LogP contribution in [-0.2, 0) is 0 Å². The Morgan fingerprint density at radius 3 is 3.00 bits per heavy atom. The number of nitro groups is 1. The van der Waals surface area contributed by atoms with Gasteiger partial charge in [0.25, 0.3) is 0 Å². The Kier molecular flexibility index (Phi) is 4.17. The molecular formula is C11H12N4O2. The number of rotatable bonds is 5. The molecule has 0 amide bonds. The van der Waals surface area contributed by atoms with Gasteiger partial charge in [0.15, 0.2) is 0 Å². The van der Waals surface area contributed by atoms with E-state index in [0.29, 0.717) is 5.82 Å². The summed E-state index contributed by atoms with van der Waals surface area (Å²) >= 11 is 0. The van der Waals surface area contributed by atoms with Crippen molar-refractivity contribution in [3.05, 3.63) is 40.6 Å². The van der Waals surface area contributed by atoms with Gasteiger partial charge in [0.2, 0.25) is 5.69 Å². The summed E-state index contributed by atoms with van der Waals surface area (Å²) in [5.41, 5.74) is -0.472. The van der Waals surface area contributed by atoms with Crippen LogP contribution >= 0.6 is 0 Å². The van der Waals surface area contributed by atoms with Gasteiger partial charge < -0.3 is 5.32 Å². The summed E-state index contributed by atoms with van der Waals surface area (Å²) in [6, 6.07) is 4.57. The Balaban J connectivity index is 2.94. The quantitative estimate of drug-likeness (QED) is 0.477. The second-order valence-electron chi connectivity index (χ2n) is 3.50. The highest BCUT2D eigenvalue weighted by molar-refractivity contribution is 5.50. The third-order valence-electron chi connectivity index (χ3n) is 2.09. The fourth-order valence-corrected chi connectivity index (χ4v) is 1.32. The zero-order valence-electron chi connectivity index (χ0n) is 9.38.